The minimum absolute atomic E-state index is 0.0348. The molecule has 3 rings (SSSR count). The summed E-state index contributed by atoms with van der Waals surface area (Å²) >= 11 is 0. The highest BCUT2D eigenvalue weighted by Gasteiger charge is 2.22. The summed E-state index contributed by atoms with van der Waals surface area (Å²) in [6.07, 6.45) is 1.08. The summed E-state index contributed by atoms with van der Waals surface area (Å²) < 4.78 is 38.8. The Labute approximate surface area is 182 Å². The third kappa shape index (κ3) is 4.97. The molecule has 0 aliphatic carbocycles. The van der Waals surface area contributed by atoms with Crippen LogP contribution in [0.4, 0.5) is 8.78 Å². The molecule has 32 heavy (non-hydrogen) atoms. The molecule has 1 heterocycles. The Morgan fingerprint density at radius 1 is 1.03 bits per heavy atom. The lowest BCUT2D eigenvalue weighted by atomic mass is 10.1. The number of likely N-dealkylation sites (N-methyl/N-ethyl adjacent to an activating group) is 1. The summed E-state index contributed by atoms with van der Waals surface area (Å²) in [6, 6.07) is 11.5. The first-order chi connectivity index (χ1) is 15.5. The number of carbonyl (C=O) groups is 1. The van der Waals surface area contributed by atoms with Crippen molar-refractivity contribution in [2.75, 3.05) is 13.9 Å². The zero-order valence-corrected chi connectivity index (χ0v) is 17.6. The van der Waals surface area contributed by atoms with Gasteiger partial charge in [0.25, 0.3) is 24.5 Å². The van der Waals surface area contributed by atoms with Crippen LogP contribution in [0, 0.1) is 19.7 Å². The number of halogens is 2. The van der Waals surface area contributed by atoms with Gasteiger partial charge in [-0.3, -0.25) is 4.79 Å². The number of alkyl halides is 1. The largest absolute Gasteiger partial charge is 0.436 e. The van der Waals surface area contributed by atoms with E-state index >= 15 is 4.39 Å². The Bertz CT molecular complexity index is 1150. The minimum atomic E-state index is -1.23. The van der Waals surface area contributed by atoms with Crippen molar-refractivity contribution in [3.8, 4) is 23.3 Å². The van der Waals surface area contributed by atoms with Crippen LogP contribution in [0.3, 0.4) is 0 Å². The number of para-hydroxylation sites is 1. The fourth-order valence-electron chi connectivity index (χ4n) is 2.70. The number of benzene rings is 2. The standard InChI is InChI=1S/C22H20F2N4O4/c1-13-7-6-10-16(14(13)2)31-21-18(24)22(27-12-26-21)32-17-9-5-4-8-15(17)19(20(29)25-3)28-30-11-23/h4-10,12H,11H2,1-3H3,(H,25,29). The predicted octanol–water partition coefficient (Wildman–Crippen LogP) is 4.21. The fourth-order valence-corrected chi connectivity index (χ4v) is 2.70. The van der Waals surface area contributed by atoms with Crippen LogP contribution in [0.25, 0.3) is 0 Å². The summed E-state index contributed by atoms with van der Waals surface area (Å²) in [5, 5.41) is 5.87. The first-order valence-corrected chi connectivity index (χ1v) is 9.46. The van der Waals surface area contributed by atoms with Gasteiger partial charge in [0.2, 0.25) is 5.82 Å². The van der Waals surface area contributed by atoms with Crippen molar-refractivity contribution in [1.29, 1.82) is 0 Å². The molecule has 0 spiro atoms. The van der Waals surface area contributed by atoms with Crippen LogP contribution in [0.15, 0.2) is 53.9 Å². The van der Waals surface area contributed by atoms with Crippen LogP contribution >= 0.6 is 0 Å². The average Bonchev–Trinajstić information content (AvgIpc) is 2.80. The van der Waals surface area contributed by atoms with Crippen molar-refractivity contribution in [2.24, 2.45) is 5.16 Å². The number of nitrogens with one attached hydrogen (secondary N) is 1. The van der Waals surface area contributed by atoms with Gasteiger partial charge < -0.3 is 19.6 Å². The van der Waals surface area contributed by atoms with Crippen molar-refractivity contribution in [3.05, 3.63) is 71.3 Å². The number of aryl methyl sites for hydroxylation is 1. The van der Waals surface area contributed by atoms with Gasteiger partial charge in [0.1, 0.15) is 17.8 Å². The predicted molar refractivity (Wildman–Crippen MR) is 112 cm³/mol. The molecule has 0 radical (unpaired) electrons. The highest BCUT2D eigenvalue weighted by Crippen LogP contribution is 2.32. The first-order valence-electron chi connectivity index (χ1n) is 9.46. The maximum Gasteiger partial charge on any atom is 0.273 e. The number of nitrogens with zero attached hydrogens (tertiary/aromatic N) is 3. The molecule has 3 aromatic rings. The molecule has 0 saturated carbocycles. The average molecular weight is 442 g/mol. The van der Waals surface area contributed by atoms with Gasteiger partial charge in [-0.15, -0.1) is 0 Å². The second-order valence-electron chi connectivity index (χ2n) is 6.45. The molecule has 10 heteroatoms. The lowest BCUT2D eigenvalue weighted by Crippen LogP contribution is -2.29. The zero-order valence-electron chi connectivity index (χ0n) is 17.6. The second kappa shape index (κ2) is 10.3. The maximum absolute atomic E-state index is 15.1. The number of ether oxygens (including phenoxy) is 2. The maximum atomic E-state index is 15.1. The number of carbonyl (C=O) groups excluding carboxylic acids is 1. The number of rotatable bonds is 8. The van der Waals surface area contributed by atoms with E-state index < -0.39 is 24.5 Å². The molecular formula is C22H20F2N4O4. The van der Waals surface area contributed by atoms with Gasteiger partial charge in [-0.2, -0.15) is 14.4 Å². The van der Waals surface area contributed by atoms with Crippen molar-refractivity contribution in [2.45, 2.75) is 13.8 Å². The molecule has 0 unspecified atom stereocenters. The van der Waals surface area contributed by atoms with Gasteiger partial charge in [-0.1, -0.05) is 29.4 Å². The van der Waals surface area contributed by atoms with Gasteiger partial charge in [0, 0.05) is 7.05 Å². The van der Waals surface area contributed by atoms with Crippen LogP contribution in [0.2, 0.25) is 0 Å². The zero-order chi connectivity index (χ0) is 23.1. The summed E-state index contributed by atoms with van der Waals surface area (Å²) in [7, 11) is 1.37. The van der Waals surface area contributed by atoms with E-state index in [4.69, 9.17) is 9.47 Å². The van der Waals surface area contributed by atoms with Crippen LogP contribution in [0.5, 0.6) is 23.3 Å². The Morgan fingerprint density at radius 3 is 2.38 bits per heavy atom. The summed E-state index contributed by atoms with van der Waals surface area (Å²) in [5.41, 5.74) is 1.67. The van der Waals surface area contributed by atoms with Crippen LogP contribution in [0.1, 0.15) is 16.7 Å². The molecule has 1 N–H and O–H groups in total. The fraction of sp³-hybridized carbons (Fsp3) is 0.182. The summed E-state index contributed by atoms with van der Waals surface area (Å²) in [6.45, 7) is 2.52. The van der Waals surface area contributed by atoms with E-state index in [1.54, 1.807) is 24.3 Å². The van der Waals surface area contributed by atoms with Crippen molar-refractivity contribution in [1.82, 2.24) is 15.3 Å². The Hall–Kier alpha value is -4.08. The van der Waals surface area contributed by atoms with Gasteiger partial charge >= 0.3 is 0 Å². The van der Waals surface area contributed by atoms with Crippen molar-refractivity contribution >= 4 is 11.6 Å². The topological polar surface area (TPSA) is 94.9 Å². The highest BCUT2D eigenvalue weighted by molar-refractivity contribution is 6.45. The first kappa shape index (κ1) is 22.6. The van der Waals surface area contributed by atoms with E-state index in [0.717, 1.165) is 17.5 Å². The van der Waals surface area contributed by atoms with Gasteiger partial charge in [0.05, 0.1) is 5.56 Å². The molecule has 8 nitrogen and oxygen atoms in total. The normalized spacial score (nSPS) is 11.1. The molecule has 2 aromatic carbocycles. The minimum Gasteiger partial charge on any atom is -0.436 e. The lowest BCUT2D eigenvalue weighted by Gasteiger charge is -2.13. The molecule has 0 aliphatic heterocycles. The summed E-state index contributed by atoms with van der Waals surface area (Å²) in [5.74, 6) is -1.89. The van der Waals surface area contributed by atoms with E-state index in [-0.39, 0.29) is 22.9 Å². The van der Waals surface area contributed by atoms with E-state index in [1.165, 1.54) is 19.2 Å². The van der Waals surface area contributed by atoms with Crippen molar-refractivity contribution in [3.63, 3.8) is 0 Å². The van der Waals surface area contributed by atoms with Crippen LogP contribution < -0.4 is 14.8 Å². The van der Waals surface area contributed by atoms with Gasteiger partial charge in [-0.25, -0.2) is 4.39 Å². The lowest BCUT2D eigenvalue weighted by molar-refractivity contribution is -0.114. The second-order valence-corrected chi connectivity index (χ2v) is 6.45. The van der Waals surface area contributed by atoms with Crippen LogP contribution in [-0.2, 0) is 9.63 Å². The molecular weight excluding hydrogens is 422 g/mol. The molecule has 1 amide bonds. The molecule has 0 aliphatic rings. The molecule has 0 atom stereocenters. The number of hydrogen-bond acceptors (Lipinski definition) is 7. The molecule has 1 aromatic heterocycles. The Morgan fingerprint density at radius 2 is 1.69 bits per heavy atom. The SMILES string of the molecule is CNC(=O)C(=NOCF)c1ccccc1Oc1ncnc(Oc2cccc(C)c2C)c1F. The molecule has 0 fully saturated rings. The van der Waals surface area contributed by atoms with E-state index in [2.05, 4.69) is 25.3 Å². The van der Waals surface area contributed by atoms with E-state index in [9.17, 15) is 9.18 Å². The number of oxime groups is 1. The van der Waals surface area contributed by atoms with Gasteiger partial charge in [0.15, 0.2) is 5.71 Å². The number of amides is 1. The molecule has 0 saturated heterocycles. The van der Waals surface area contributed by atoms with Crippen LogP contribution in [-0.4, -0.2) is 35.5 Å². The third-order valence-corrected chi connectivity index (χ3v) is 4.48. The highest BCUT2D eigenvalue weighted by atomic mass is 19.1. The Kier molecular flexibility index (Phi) is 7.27. The van der Waals surface area contributed by atoms with Gasteiger partial charge in [-0.05, 0) is 43.2 Å². The monoisotopic (exact) mass is 442 g/mol. The molecule has 0 bridgehead atoms. The Balaban J connectivity index is 1.96. The quantitative estimate of drug-likeness (QED) is 0.415. The third-order valence-electron chi connectivity index (χ3n) is 4.48. The smallest absolute Gasteiger partial charge is 0.273 e. The summed E-state index contributed by atoms with van der Waals surface area (Å²) in [4.78, 5) is 24.3. The number of aromatic nitrogens is 2. The van der Waals surface area contributed by atoms with E-state index in [0.29, 0.717) is 5.75 Å². The van der Waals surface area contributed by atoms with Crippen molar-refractivity contribution < 1.29 is 27.9 Å². The van der Waals surface area contributed by atoms with E-state index in [1.807, 2.05) is 19.9 Å². The molecule has 166 valence electrons. The number of hydrogen-bond donors (Lipinski definition) is 1.